The van der Waals surface area contributed by atoms with Gasteiger partial charge in [0.1, 0.15) is 6.04 Å². The highest BCUT2D eigenvalue weighted by Gasteiger charge is 2.39. The van der Waals surface area contributed by atoms with Gasteiger partial charge in [-0.05, 0) is 79.3 Å². The van der Waals surface area contributed by atoms with Crippen molar-refractivity contribution < 1.29 is 19.2 Å². The number of piperidine rings is 2. The van der Waals surface area contributed by atoms with E-state index in [-0.39, 0.29) is 30.0 Å². The molecule has 3 aliphatic rings. The molecular formula is C30H34ClN3O4. The number of halogens is 1. The van der Waals surface area contributed by atoms with E-state index >= 15 is 0 Å². The number of aryl methyl sites for hydroxylation is 1. The Morgan fingerprint density at radius 3 is 2.55 bits per heavy atom. The van der Waals surface area contributed by atoms with Crippen LogP contribution in [0.1, 0.15) is 84.3 Å². The summed E-state index contributed by atoms with van der Waals surface area (Å²) in [5.41, 5.74) is 3.94. The van der Waals surface area contributed by atoms with Crippen LogP contribution in [0.25, 0.3) is 0 Å². The lowest BCUT2D eigenvalue weighted by Crippen LogP contribution is -2.52. The highest BCUT2D eigenvalue weighted by atomic mass is 35.5. The lowest BCUT2D eigenvalue weighted by atomic mass is 9.89. The molecule has 38 heavy (non-hydrogen) atoms. The molecule has 1 unspecified atom stereocenters. The van der Waals surface area contributed by atoms with E-state index in [2.05, 4.69) is 17.4 Å². The summed E-state index contributed by atoms with van der Waals surface area (Å²) >= 11 is 6.14. The Morgan fingerprint density at radius 2 is 1.79 bits per heavy atom. The van der Waals surface area contributed by atoms with E-state index in [1.807, 2.05) is 35.2 Å². The zero-order valence-electron chi connectivity index (χ0n) is 21.6. The number of likely N-dealkylation sites (tertiary alicyclic amines) is 1. The first kappa shape index (κ1) is 26.4. The van der Waals surface area contributed by atoms with E-state index in [0.29, 0.717) is 30.9 Å². The van der Waals surface area contributed by atoms with Crippen LogP contribution >= 0.6 is 11.6 Å². The fraction of sp³-hybridized carbons (Fsp3) is 0.467. The van der Waals surface area contributed by atoms with E-state index in [4.69, 9.17) is 11.6 Å². The summed E-state index contributed by atoms with van der Waals surface area (Å²) in [7, 11) is 0. The molecule has 5 rings (SSSR count). The van der Waals surface area contributed by atoms with Gasteiger partial charge in [-0.3, -0.25) is 24.5 Å². The number of fused-ring (bicyclic) bond motifs is 1. The third-order valence-corrected chi connectivity index (χ3v) is 8.35. The molecule has 0 spiro atoms. The second-order valence-corrected chi connectivity index (χ2v) is 11.1. The molecule has 0 radical (unpaired) electrons. The van der Waals surface area contributed by atoms with Gasteiger partial charge in [0.15, 0.2) is 0 Å². The predicted molar refractivity (Wildman–Crippen MR) is 145 cm³/mol. The van der Waals surface area contributed by atoms with Gasteiger partial charge in [-0.25, -0.2) is 0 Å². The number of unbranched alkanes of at least 4 members (excludes halogenated alkanes) is 2. The molecule has 200 valence electrons. The molecule has 4 amide bonds. The van der Waals surface area contributed by atoms with E-state index in [0.717, 1.165) is 67.8 Å². The lowest BCUT2D eigenvalue weighted by Gasteiger charge is -2.32. The summed E-state index contributed by atoms with van der Waals surface area (Å²) in [5.74, 6) is -0.0965. The van der Waals surface area contributed by atoms with Crippen LogP contribution in [0.15, 0.2) is 42.5 Å². The van der Waals surface area contributed by atoms with Crippen molar-refractivity contribution in [2.45, 2.75) is 76.3 Å². The molecule has 1 atom stereocenters. The summed E-state index contributed by atoms with van der Waals surface area (Å²) in [6.45, 7) is 2.00. The molecule has 7 nitrogen and oxygen atoms in total. The fourth-order valence-corrected chi connectivity index (χ4v) is 6.12. The molecule has 0 saturated carbocycles. The van der Waals surface area contributed by atoms with E-state index in [1.165, 1.54) is 5.56 Å². The monoisotopic (exact) mass is 535 g/mol. The minimum Gasteiger partial charge on any atom is -0.343 e. The first-order chi connectivity index (χ1) is 18.4. The second kappa shape index (κ2) is 11.7. The molecule has 2 saturated heterocycles. The van der Waals surface area contributed by atoms with Crippen molar-refractivity contribution in [3.63, 3.8) is 0 Å². The first-order valence-electron chi connectivity index (χ1n) is 13.7. The minimum atomic E-state index is -0.587. The summed E-state index contributed by atoms with van der Waals surface area (Å²) in [6.07, 6.45) is 6.77. The van der Waals surface area contributed by atoms with Gasteiger partial charge in [-0.15, -0.1) is 0 Å². The van der Waals surface area contributed by atoms with Gasteiger partial charge in [0, 0.05) is 43.1 Å². The van der Waals surface area contributed by atoms with Gasteiger partial charge >= 0.3 is 0 Å². The maximum atomic E-state index is 13.0. The summed E-state index contributed by atoms with van der Waals surface area (Å²) in [4.78, 5) is 53.0. The maximum Gasteiger partial charge on any atom is 0.255 e. The van der Waals surface area contributed by atoms with Crippen LogP contribution in [0, 0.1) is 0 Å². The standard InChI is InChI=1S/C30H34ClN3O4/c31-24-7-4-6-22(18-24)21-13-15-33(16-14-21)28(36)8-3-1-2-5-20-9-10-23-19-34(30(38)25(23)17-20)26-11-12-27(35)32-29(26)37/h4,6-7,9-10,17-18,21,26H,1-3,5,8,11-16,19H2,(H,32,35,37). The average Bonchev–Trinajstić information content (AvgIpc) is 3.24. The summed E-state index contributed by atoms with van der Waals surface area (Å²) in [6, 6.07) is 13.4. The van der Waals surface area contributed by atoms with Gasteiger partial charge in [0.05, 0.1) is 0 Å². The van der Waals surface area contributed by atoms with Gasteiger partial charge in [0.25, 0.3) is 5.91 Å². The number of hydrogen-bond donors (Lipinski definition) is 1. The van der Waals surface area contributed by atoms with Gasteiger partial charge < -0.3 is 9.80 Å². The molecule has 0 aromatic heterocycles. The lowest BCUT2D eigenvalue weighted by molar-refractivity contribution is -0.137. The first-order valence-corrected chi connectivity index (χ1v) is 14.1. The Kier molecular flexibility index (Phi) is 8.12. The predicted octanol–water partition coefficient (Wildman–Crippen LogP) is 4.61. The number of nitrogens with one attached hydrogen (secondary N) is 1. The molecular weight excluding hydrogens is 502 g/mol. The van der Waals surface area contributed by atoms with Gasteiger partial charge in [0.2, 0.25) is 17.7 Å². The molecule has 0 bridgehead atoms. The Balaban J connectivity index is 1.03. The van der Waals surface area contributed by atoms with Crippen molar-refractivity contribution in [2.75, 3.05) is 13.1 Å². The van der Waals surface area contributed by atoms with E-state index in [1.54, 1.807) is 4.90 Å². The molecule has 2 aromatic carbocycles. The number of carbonyl (C=O) groups excluding carboxylic acids is 4. The number of benzene rings is 2. The SMILES string of the molecule is O=C1CCC(N2Cc3ccc(CCCCCC(=O)N4CCC(c5cccc(Cl)c5)CC4)cc3C2=O)C(=O)N1. The number of carbonyl (C=O) groups is 4. The smallest absolute Gasteiger partial charge is 0.255 e. The quantitative estimate of drug-likeness (QED) is 0.395. The van der Waals surface area contributed by atoms with E-state index in [9.17, 15) is 19.2 Å². The number of amides is 4. The number of nitrogens with zero attached hydrogens (tertiary/aromatic N) is 2. The van der Waals surface area contributed by atoms with Crippen LogP contribution in [-0.4, -0.2) is 52.6 Å². The fourth-order valence-electron chi connectivity index (χ4n) is 5.92. The molecule has 2 aromatic rings. The minimum absolute atomic E-state index is 0.138. The molecule has 1 N–H and O–H groups in total. The average molecular weight is 536 g/mol. The Hall–Kier alpha value is -3.19. The Morgan fingerprint density at radius 1 is 0.974 bits per heavy atom. The second-order valence-electron chi connectivity index (χ2n) is 10.7. The van der Waals surface area contributed by atoms with Crippen LogP contribution in [0.4, 0.5) is 0 Å². The summed E-state index contributed by atoms with van der Waals surface area (Å²) in [5, 5.41) is 3.11. The zero-order chi connectivity index (χ0) is 26.6. The van der Waals surface area contributed by atoms with Crippen molar-refractivity contribution in [1.29, 1.82) is 0 Å². The largest absolute Gasteiger partial charge is 0.343 e. The van der Waals surface area contributed by atoms with Crippen molar-refractivity contribution in [3.8, 4) is 0 Å². The third-order valence-electron chi connectivity index (χ3n) is 8.12. The zero-order valence-corrected chi connectivity index (χ0v) is 22.3. The normalized spacial score (nSPS) is 20.0. The topological polar surface area (TPSA) is 86.8 Å². The van der Waals surface area contributed by atoms with Crippen molar-refractivity contribution in [2.24, 2.45) is 0 Å². The van der Waals surface area contributed by atoms with Crippen molar-refractivity contribution >= 4 is 35.2 Å². The van der Waals surface area contributed by atoms with Crippen LogP contribution in [0.3, 0.4) is 0 Å². The van der Waals surface area contributed by atoms with Crippen LogP contribution in [-0.2, 0) is 27.3 Å². The van der Waals surface area contributed by atoms with Crippen LogP contribution in [0.5, 0.6) is 0 Å². The Labute approximate surface area is 228 Å². The molecule has 8 heteroatoms. The number of imide groups is 1. The maximum absolute atomic E-state index is 13.0. The highest BCUT2D eigenvalue weighted by Crippen LogP contribution is 2.30. The summed E-state index contributed by atoms with van der Waals surface area (Å²) < 4.78 is 0. The van der Waals surface area contributed by atoms with Gasteiger partial charge in [-0.1, -0.05) is 42.3 Å². The van der Waals surface area contributed by atoms with Crippen LogP contribution < -0.4 is 5.32 Å². The third kappa shape index (κ3) is 5.93. The molecule has 3 heterocycles. The van der Waals surface area contributed by atoms with E-state index < -0.39 is 6.04 Å². The molecule has 3 aliphatic heterocycles. The van der Waals surface area contributed by atoms with Crippen molar-refractivity contribution in [1.82, 2.24) is 15.1 Å². The van der Waals surface area contributed by atoms with Crippen LogP contribution in [0.2, 0.25) is 5.02 Å². The molecule has 2 fully saturated rings. The Bertz CT molecular complexity index is 1240. The number of hydrogen-bond acceptors (Lipinski definition) is 4. The van der Waals surface area contributed by atoms with Crippen molar-refractivity contribution in [3.05, 3.63) is 69.7 Å². The van der Waals surface area contributed by atoms with Gasteiger partial charge in [-0.2, -0.15) is 0 Å². The highest BCUT2D eigenvalue weighted by molar-refractivity contribution is 6.30. The number of rotatable bonds is 8. The molecule has 0 aliphatic carbocycles.